The summed E-state index contributed by atoms with van der Waals surface area (Å²) in [5.74, 6) is -4.09. The Kier molecular flexibility index (Phi) is 6.74. The summed E-state index contributed by atoms with van der Waals surface area (Å²) in [6.07, 6.45) is -2.00. The Morgan fingerprint density at radius 2 is 2.11 bits per heavy atom. The molecule has 198 valence electrons. The van der Waals surface area contributed by atoms with Gasteiger partial charge in [0.1, 0.15) is 23.8 Å². The fourth-order valence-corrected chi connectivity index (χ4v) is 4.58. The van der Waals surface area contributed by atoms with Crippen LogP contribution in [-0.2, 0) is 19.2 Å². The number of carbonyl (C=O) groups is 4. The van der Waals surface area contributed by atoms with E-state index in [0.29, 0.717) is 5.69 Å². The summed E-state index contributed by atoms with van der Waals surface area (Å²) >= 11 is 0. The molecule has 3 aliphatic rings. The molecular weight excluding hydrogens is 497 g/mol. The number of likely N-dealkylation sites (tertiary alicyclic amines) is 1. The first-order valence-electron chi connectivity index (χ1n) is 11.7. The van der Waals surface area contributed by atoms with Crippen LogP contribution in [0, 0.1) is 17.2 Å². The van der Waals surface area contributed by atoms with Crippen LogP contribution < -0.4 is 15.4 Å². The molecule has 4 atom stereocenters. The van der Waals surface area contributed by atoms with Crippen molar-refractivity contribution < 1.29 is 37.1 Å². The molecule has 2 aliphatic heterocycles. The molecule has 2 N–H and O–H groups in total. The monoisotopic (exact) mass is 522 g/mol. The highest BCUT2D eigenvalue weighted by molar-refractivity contribution is 6.02. The number of pyridine rings is 1. The second-order valence-corrected chi connectivity index (χ2v) is 9.56. The Hall–Kier alpha value is -3.89. The molecule has 1 aromatic rings. The van der Waals surface area contributed by atoms with Crippen LogP contribution >= 0.6 is 0 Å². The van der Waals surface area contributed by atoms with E-state index >= 15 is 0 Å². The third kappa shape index (κ3) is 5.16. The maximum atomic E-state index is 13.7. The van der Waals surface area contributed by atoms with E-state index in [4.69, 9.17) is 4.74 Å². The number of carbonyl (C=O) groups excluding carboxylic acids is 4. The predicted molar refractivity (Wildman–Crippen MR) is 120 cm³/mol. The van der Waals surface area contributed by atoms with E-state index in [9.17, 15) is 37.6 Å². The quantitative estimate of drug-likeness (QED) is 0.566. The summed E-state index contributed by atoms with van der Waals surface area (Å²) in [6, 6.07) is 1.48. The first kappa shape index (κ1) is 26.2. The molecule has 0 bridgehead atoms. The summed E-state index contributed by atoms with van der Waals surface area (Å²) < 4.78 is 43.8. The number of anilines is 1. The molecule has 11 nitrogen and oxygen atoms in total. The lowest BCUT2D eigenvalue weighted by Crippen LogP contribution is -2.57. The molecule has 4 rings (SSSR count). The average molecular weight is 522 g/mol. The lowest BCUT2D eigenvalue weighted by Gasteiger charge is -2.35. The zero-order valence-electron chi connectivity index (χ0n) is 20.0. The first-order chi connectivity index (χ1) is 17.4. The lowest BCUT2D eigenvalue weighted by atomic mass is 9.97. The summed E-state index contributed by atoms with van der Waals surface area (Å²) in [5, 5.41) is 14.1. The number of nitrogens with one attached hydrogen (secondary N) is 2. The zero-order valence-corrected chi connectivity index (χ0v) is 20.0. The Morgan fingerprint density at radius 3 is 2.73 bits per heavy atom. The fourth-order valence-electron chi connectivity index (χ4n) is 4.58. The van der Waals surface area contributed by atoms with Gasteiger partial charge >= 0.3 is 12.1 Å². The van der Waals surface area contributed by atoms with Gasteiger partial charge in [-0.25, -0.2) is 4.98 Å². The summed E-state index contributed by atoms with van der Waals surface area (Å²) in [5.41, 5.74) is -1.22. The van der Waals surface area contributed by atoms with Gasteiger partial charge < -0.3 is 25.2 Å². The number of rotatable bonds is 6. The number of ether oxygens (including phenoxy) is 1. The van der Waals surface area contributed by atoms with Crippen molar-refractivity contribution in [2.45, 2.75) is 62.5 Å². The topological polar surface area (TPSA) is 145 Å². The minimum absolute atomic E-state index is 0.117. The Balaban J connectivity index is 1.55. The van der Waals surface area contributed by atoms with E-state index in [1.807, 2.05) is 6.07 Å². The number of amides is 4. The molecule has 1 aromatic heterocycles. The molecule has 1 aliphatic carbocycles. The van der Waals surface area contributed by atoms with E-state index in [1.165, 1.54) is 18.1 Å². The number of nitriles is 1. The molecule has 0 aromatic carbocycles. The number of likely N-dealkylation sites (N-methyl/N-ethyl adjacent to an activating group) is 1. The molecule has 14 heteroatoms. The molecule has 4 amide bonds. The van der Waals surface area contributed by atoms with Crippen molar-refractivity contribution in [2.24, 2.45) is 5.92 Å². The van der Waals surface area contributed by atoms with Crippen LogP contribution in [0.4, 0.5) is 18.9 Å². The third-order valence-electron chi connectivity index (χ3n) is 6.81. The highest BCUT2D eigenvalue weighted by atomic mass is 19.4. The minimum atomic E-state index is -5.17. The van der Waals surface area contributed by atoms with Gasteiger partial charge in [0.2, 0.25) is 23.3 Å². The molecule has 2 fully saturated rings. The lowest BCUT2D eigenvalue weighted by molar-refractivity contribution is -0.175. The Bertz CT molecular complexity index is 1170. The van der Waals surface area contributed by atoms with E-state index in [-0.39, 0.29) is 31.2 Å². The van der Waals surface area contributed by atoms with Gasteiger partial charge in [-0.3, -0.25) is 19.2 Å². The van der Waals surface area contributed by atoms with Crippen molar-refractivity contribution in [3.63, 3.8) is 0 Å². The molecule has 37 heavy (non-hydrogen) atoms. The summed E-state index contributed by atoms with van der Waals surface area (Å²) in [6.45, 7) is 0.810. The van der Waals surface area contributed by atoms with Gasteiger partial charge in [-0.1, -0.05) is 12.8 Å². The number of nitrogens with zero attached hydrogens (tertiary/aromatic N) is 4. The van der Waals surface area contributed by atoms with Gasteiger partial charge in [0.25, 0.3) is 5.91 Å². The van der Waals surface area contributed by atoms with Gasteiger partial charge in [0.05, 0.1) is 12.6 Å². The van der Waals surface area contributed by atoms with Crippen molar-refractivity contribution in [2.75, 3.05) is 18.9 Å². The second kappa shape index (κ2) is 9.53. The number of halogens is 3. The van der Waals surface area contributed by atoms with Crippen molar-refractivity contribution in [1.29, 1.82) is 5.26 Å². The molecule has 4 unspecified atom stereocenters. The van der Waals surface area contributed by atoms with Gasteiger partial charge in [0, 0.05) is 19.7 Å². The number of fused-ring (bicyclic) bond motifs is 1. The van der Waals surface area contributed by atoms with Crippen molar-refractivity contribution in [1.82, 2.24) is 20.1 Å². The summed E-state index contributed by atoms with van der Waals surface area (Å²) in [7, 11) is 1.26. The number of aromatic nitrogens is 1. The maximum absolute atomic E-state index is 13.7. The largest absolute Gasteiger partial charge is 0.471 e. The second-order valence-electron chi connectivity index (χ2n) is 9.56. The Morgan fingerprint density at radius 1 is 1.41 bits per heavy atom. The number of hydrogen-bond acceptors (Lipinski definition) is 7. The summed E-state index contributed by atoms with van der Waals surface area (Å²) in [4.78, 5) is 57.2. The van der Waals surface area contributed by atoms with Crippen LogP contribution in [0.2, 0.25) is 0 Å². The van der Waals surface area contributed by atoms with Crippen molar-refractivity contribution in [3.05, 3.63) is 18.3 Å². The van der Waals surface area contributed by atoms with Crippen molar-refractivity contribution >= 4 is 29.3 Å². The first-order valence-corrected chi connectivity index (χ1v) is 11.7. The SMILES string of the molecule is CC(NC(=O)C(F)(F)F)C(=O)N(C)C(CC1CC1)C(=O)N1CC2(CC1C#N)Oc1ncccc1NC2=O. The van der Waals surface area contributed by atoms with Crippen LogP contribution in [0.5, 0.6) is 5.88 Å². The number of hydrogen-bond donors (Lipinski definition) is 2. The minimum Gasteiger partial charge on any atom is -0.457 e. The van der Waals surface area contributed by atoms with Crippen LogP contribution in [0.25, 0.3) is 0 Å². The van der Waals surface area contributed by atoms with Gasteiger partial charge in [-0.05, 0) is 31.4 Å². The standard InChI is InChI=1S/C23H25F3N6O5/c1-12(29-21(36)23(24,25)26)18(33)31(2)16(8-13-5-6-13)19(34)32-11-22(9-14(32)10-27)20(35)30-15-4-3-7-28-17(15)37-22/h3-4,7,12-14,16H,5-6,8-9,11H2,1-2H3,(H,29,36)(H,30,35). The molecule has 1 saturated heterocycles. The smallest absolute Gasteiger partial charge is 0.457 e. The molecule has 1 spiro atoms. The van der Waals surface area contributed by atoms with E-state index in [1.54, 1.807) is 17.4 Å². The van der Waals surface area contributed by atoms with Crippen molar-refractivity contribution in [3.8, 4) is 11.9 Å². The Labute approximate surface area is 209 Å². The molecule has 3 heterocycles. The highest BCUT2D eigenvalue weighted by Crippen LogP contribution is 2.40. The molecule has 1 saturated carbocycles. The normalized spacial score (nSPS) is 24.3. The van der Waals surface area contributed by atoms with Crippen LogP contribution in [-0.4, -0.2) is 81.9 Å². The zero-order chi connectivity index (χ0) is 27.1. The fraction of sp³-hybridized carbons (Fsp3) is 0.565. The van der Waals surface area contributed by atoms with Gasteiger partial charge in [0.15, 0.2) is 0 Å². The third-order valence-corrected chi connectivity index (χ3v) is 6.81. The highest BCUT2D eigenvalue weighted by Gasteiger charge is 2.57. The van der Waals surface area contributed by atoms with Crippen LogP contribution in [0.15, 0.2) is 18.3 Å². The average Bonchev–Trinajstić information content (AvgIpc) is 3.60. The molecular formula is C23H25F3N6O5. The van der Waals surface area contributed by atoms with E-state index in [0.717, 1.165) is 24.7 Å². The maximum Gasteiger partial charge on any atom is 0.471 e. The van der Waals surface area contributed by atoms with Crippen LogP contribution in [0.1, 0.15) is 32.6 Å². The number of alkyl halides is 3. The predicted octanol–water partition coefficient (Wildman–Crippen LogP) is 0.970. The van der Waals surface area contributed by atoms with E-state index < -0.39 is 53.5 Å². The van der Waals surface area contributed by atoms with Crippen LogP contribution in [0.3, 0.4) is 0 Å². The van der Waals surface area contributed by atoms with Gasteiger partial charge in [-0.2, -0.15) is 18.4 Å². The van der Waals surface area contributed by atoms with E-state index in [2.05, 4.69) is 10.3 Å². The van der Waals surface area contributed by atoms with Gasteiger partial charge in [-0.15, -0.1) is 0 Å². The molecule has 0 radical (unpaired) electrons.